The minimum absolute atomic E-state index is 0.0320. The van der Waals surface area contributed by atoms with Crippen molar-refractivity contribution in [1.29, 1.82) is 0 Å². The van der Waals surface area contributed by atoms with Gasteiger partial charge in [0, 0.05) is 5.56 Å². The molecule has 1 N–H and O–H groups in total. The standard InChI is InChI=1S/C15H22ClNO3/c1-15(2,3)12-9-11(19-4)5-6-13(12)20-8-7-17-14(18)10-16/h5-6,9H,7-8,10H2,1-4H3,(H,17,18). The summed E-state index contributed by atoms with van der Waals surface area (Å²) in [5, 5.41) is 2.66. The van der Waals surface area contributed by atoms with Gasteiger partial charge >= 0.3 is 0 Å². The first-order valence-electron chi connectivity index (χ1n) is 6.52. The van der Waals surface area contributed by atoms with Crippen LogP contribution in [0.5, 0.6) is 11.5 Å². The number of carbonyl (C=O) groups excluding carboxylic acids is 1. The van der Waals surface area contributed by atoms with Gasteiger partial charge in [0.25, 0.3) is 0 Å². The van der Waals surface area contributed by atoms with Crippen molar-refractivity contribution in [1.82, 2.24) is 5.32 Å². The number of hydrogen-bond donors (Lipinski definition) is 1. The molecule has 20 heavy (non-hydrogen) atoms. The number of nitrogens with one attached hydrogen (secondary N) is 1. The predicted octanol–water partition coefficient (Wildman–Crippen LogP) is 2.73. The zero-order chi connectivity index (χ0) is 15.2. The average molecular weight is 300 g/mol. The smallest absolute Gasteiger partial charge is 0.235 e. The molecule has 5 heteroatoms. The highest BCUT2D eigenvalue weighted by atomic mass is 35.5. The Morgan fingerprint density at radius 3 is 2.60 bits per heavy atom. The van der Waals surface area contributed by atoms with Crippen molar-refractivity contribution < 1.29 is 14.3 Å². The quantitative estimate of drug-likeness (QED) is 0.649. The maximum absolute atomic E-state index is 11.0. The van der Waals surface area contributed by atoms with Crippen molar-refractivity contribution in [2.45, 2.75) is 26.2 Å². The fourth-order valence-electron chi connectivity index (χ4n) is 1.75. The van der Waals surface area contributed by atoms with Gasteiger partial charge in [-0.3, -0.25) is 4.79 Å². The second kappa shape index (κ2) is 7.39. The molecule has 0 saturated heterocycles. The van der Waals surface area contributed by atoms with Crippen molar-refractivity contribution in [3.8, 4) is 11.5 Å². The summed E-state index contributed by atoms with van der Waals surface area (Å²) < 4.78 is 11.0. The minimum Gasteiger partial charge on any atom is -0.497 e. The fourth-order valence-corrected chi connectivity index (χ4v) is 1.84. The van der Waals surface area contributed by atoms with Crippen LogP contribution in [0.2, 0.25) is 0 Å². The van der Waals surface area contributed by atoms with E-state index in [2.05, 4.69) is 26.1 Å². The van der Waals surface area contributed by atoms with Gasteiger partial charge in [0.1, 0.15) is 24.0 Å². The lowest BCUT2D eigenvalue weighted by Gasteiger charge is -2.23. The summed E-state index contributed by atoms with van der Waals surface area (Å²) >= 11 is 5.40. The number of amides is 1. The molecule has 4 nitrogen and oxygen atoms in total. The van der Waals surface area contributed by atoms with Crippen molar-refractivity contribution in [2.75, 3.05) is 26.1 Å². The summed E-state index contributed by atoms with van der Waals surface area (Å²) in [6.07, 6.45) is 0. The summed E-state index contributed by atoms with van der Waals surface area (Å²) in [5.41, 5.74) is 1.02. The summed E-state index contributed by atoms with van der Waals surface area (Å²) in [4.78, 5) is 11.0. The summed E-state index contributed by atoms with van der Waals surface area (Å²) in [6.45, 7) is 7.18. The average Bonchev–Trinajstić information content (AvgIpc) is 2.42. The zero-order valence-electron chi connectivity index (χ0n) is 12.5. The van der Waals surface area contributed by atoms with Crippen LogP contribution < -0.4 is 14.8 Å². The Morgan fingerprint density at radius 1 is 1.35 bits per heavy atom. The highest BCUT2D eigenvalue weighted by molar-refractivity contribution is 6.27. The van der Waals surface area contributed by atoms with Gasteiger partial charge < -0.3 is 14.8 Å². The number of halogens is 1. The molecule has 0 aliphatic carbocycles. The Kier molecular flexibility index (Phi) is 6.14. The Morgan fingerprint density at radius 2 is 2.05 bits per heavy atom. The molecule has 0 spiro atoms. The van der Waals surface area contributed by atoms with E-state index in [0.29, 0.717) is 13.2 Å². The monoisotopic (exact) mass is 299 g/mol. The molecule has 0 unspecified atom stereocenters. The Bertz CT molecular complexity index is 455. The molecule has 0 saturated carbocycles. The molecule has 0 aliphatic rings. The number of hydrogen-bond acceptors (Lipinski definition) is 3. The second-order valence-corrected chi connectivity index (χ2v) is 5.71. The number of rotatable bonds is 6. The first-order chi connectivity index (χ1) is 9.38. The van der Waals surface area contributed by atoms with Crippen LogP contribution in [0.1, 0.15) is 26.3 Å². The molecule has 0 fully saturated rings. The first-order valence-corrected chi connectivity index (χ1v) is 7.06. The first kappa shape index (κ1) is 16.6. The predicted molar refractivity (Wildman–Crippen MR) is 80.9 cm³/mol. The van der Waals surface area contributed by atoms with Gasteiger partial charge in [-0.25, -0.2) is 0 Å². The highest BCUT2D eigenvalue weighted by Crippen LogP contribution is 2.34. The van der Waals surface area contributed by atoms with E-state index in [0.717, 1.165) is 17.1 Å². The van der Waals surface area contributed by atoms with Crippen molar-refractivity contribution in [3.63, 3.8) is 0 Å². The van der Waals surface area contributed by atoms with Crippen molar-refractivity contribution in [2.24, 2.45) is 0 Å². The Labute approximate surface area is 125 Å². The van der Waals surface area contributed by atoms with Gasteiger partial charge in [0.15, 0.2) is 0 Å². The second-order valence-electron chi connectivity index (χ2n) is 5.44. The normalized spacial score (nSPS) is 11.1. The van der Waals surface area contributed by atoms with Crippen molar-refractivity contribution >= 4 is 17.5 Å². The maximum atomic E-state index is 11.0. The molecule has 0 aromatic heterocycles. The number of methoxy groups -OCH3 is 1. The summed E-state index contributed by atoms with van der Waals surface area (Å²) in [6, 6.07) is 5.73. The lowest BCUT2D eigenvalue weighted by molar-refractivity contribution is -0.118. The van der Waals surface area contributed by atoms with E-state index < -0.39 is 0 Å². The maximum Gasteiger partial charge on any atom is 0.235 e. The third-order valence-corrected chi connectivity index (χ3v) is 3.04. The summed E-state index contributed by atoms with van der Waals surface area (Å²) in [7, 11) is 1.64. The third-order valence-electron chi connectivity index (χ3n) is 2.80. The molecule has 0 bridgehead atoms. The van der Waals surface area contributed by atoms with Crippen LogP contribution in [0.4, 0.5) is 0 Å². The van der Waals surface area contributed by atoms with Crippen molar-refractivity contribution in [3.05, 3.63) is 23.8 Å². The number of ether oxygens (including phenoxy) is 2. The van der Waals surface area contributed by atoms with E-state index in [1.165, 1.54) is 0 Å². The fraction of sp³-hybridized carbons (Fsp3) is 0.533. The van der Waals surface area contributed by atoms with Gasteiger partial charge in [-0.05, 0) is 23.6 Å². The molecule has 1 amide bonds. The van der Waals surface area contributed by atoms with Gasteiger partial charge in [-0.15, -0.1) is 11.6 Å². The SMILES string of the molecule is COc1ccc(OCCNC(=O)CCl)c(C(C)(C)C)c1. The van der Waals surface area contributed by atoms with Crippen LogP contribution in [-0.2, 0) is 10.2 Å². The third kappa shape index (κ3) is 4.93. The Balaban J connectivity index is 2.72. The van der Waals surface area contributed by atoms with Crippen LogP contribution in [0, 0.1) is 0 Å². The van der Waals surface area contributed by atoms with Crippen LogP contribution in [0.3, 0.4) is 0 Å². The lowest BCUT2D eigenvalue weighted by Crippen LogP contribution is -2.29. The molecular formula is C15H22ClNO3. The molecule has 112 valence electrons. The van der Waals surface area contributed by atoms with E-state index in [-0.39, 0.29) is 17.2 Å². The molecule has 1 aromatic carbocycles. The van der Waals surface area contributed by atoms with Crippen LogP contribution in [-0.4, -0.2) is 32.0 Å². The number of carbonyl (C=O) groups is 1. The molecule has 0 heterocycles. The van der Waals surface area contributed by atoms with Gasteiger partial charge in [-0.2, -0.15) is 0 Å². The largest absolute Gasteiger partial charge is 0.497 e. The molecular weight excluding hydrogens is 278 g/mol. The summed E-state index contributed by atoms with van der Waals surface area (Å²) in [5.74, 6) is 1.38. The highest BCUT2D eigenvalue weighted by Gasteiger charge is 2.19. The van der Waals surface area contributed by atoms with Crippen LogP contribution in [0.15, 0.2) is 18.2 Å². The van der Waals surface area contributed by atoms with E-state index in [1.54, 1.807) is 7.11 Å². The van der Waals surface area contributed by atoms with E-state index >= 15 is 0 Å². The van der Waals surface area contributed by atoms with E-state index in [4.69, 9.17) is 21.1 Å². The zero-order valence-corrected chi connectivity index (χ0v) is 13.2. The van der Waals surface area contributed by atoms with Crippen LogP contribution >= 0.6 is 11.6 Å². The topological polar surface area (TPSA) is 47.6 Å². The van der Waals surface area contributed by atoms with Gasteiger partial charge in [0.05, 0.1) is 13.7 Å². The van der Waals surface area contributed by atoms with Gasteiger partial charge in [-0.1, -0.05) is 20.8 Å². The molecule has 1 aromatic rings. The van der Waals surface area contributed by atoms with Gasteiger partial charge in [0.2, 0.25) is 5.91 Å². The molecule has 0 aliphatic heterocycles. The molecule has 0 radical (unpaired) electrons. The number of benzene rings is 1. The van der Waals surface area contributed by atoms with E-state index in [1.807, 2.05) is 18.2 Å². The Hall–Kier alpha value is -1.42. The minimum atomic E-state index is -0.193. The number of alkyl halides is 1. The van der Waals surface area contributed by atoms with E-state index in [9.17, 15) is 4.79 Å². The lowest BCUT2D eigenvalue weighted by atomic mass is 9.86. The molecule has 0 atom stereocenters. The van der Waals surface area contributed by atoms with Crippen LogP contribution in [0.25, 0.3) is 0 Å². The molecule has 1 rings (SSSR count).